The third-order valence-corrected chi connectivity index (χ3v) is 2.01. The topological polar surface area (TPSA) is 41.5 Å². The Kier molecular flexibility index (Phi) is 0.743. The highest BCUT2D eigenvalue weighted by atomic mass is 16.2. The molecule has 1 saturated carbocycles. The van der Waals surface area contributed by atoms with E-state index in [9.17, 15) is 4.79 Å². The van der Waals surface area contributed by atoms with Gasteiger partial charge in [0.05, 0.1) is 0 Å². The van der Waals surface area contributed by atoms with Crippen LogP contribution in [-0.4, -0.2) is 11.6 Å². The molecule has 1 N–H and O–H groups in total. The third-order valence-electron chi connectivity index (χ3n) is 2.01. The number of nitrogens with one attached hydrogen (secondary N) is 1. The normalized spacial score (nSPS) is 38.8. The monoisotopic (exact) mass is 124 g/mol. The van der Waals surface area contributed by atoms with Gasteiger partial charge in [-0.05, 0) is 13.3 Å². The highest BCUT2D eigenvalue weighted by molar-refractivity contribution is 5.98. The number of carbonyl (C=O) groups excluding carboxylic acids is 1. The minimum Gasteiger partial charge on any atom is -0.273 e. The minimum absolute atomic E-state index is 0.102. The summed E-state index contributed by atoms with van der Waals surface area (Å²) in [5, 5.41) is 3.85. The number of nitrogens with zero attached hydrogens (tertiary/aromatic N) is 1. The van der Waals surface area contributed by atoms with E-state index in [-0.39, 0.29) is 11.8 Å². The molecule has 2 unspecified atom stereocenters. The van der Waals surface area contributed by atoms with E-state index in [1.165, 1.54) is 0 Å². The molecule has 0 spiro atoms. The van der Waals surface area contributed by atoms with Gasteiger partial charge in [0.15, 0.2) is 0 Å². The molecule has 2 aliphatic rings. The van der Waals surface area contributed by atoms with Crippen LogP contribution in [0.1, 0.15) is 13.3 Å². The summed E-state index contributed by atoms with van der Waals surface area (Å²) >= 11 is 0. The summed E-state index contributed by atoms with van der Waals surface area (Å²) in [7, 11) is 0. The van der Waals surface area contributed by atoms with Crippen molar-refractivity contribution in [3.8, 4) is 0 Å². The Morgan fingerprint density at radius 3 is 3.11 bits per heavy atom. The van der Waals surface area contributed by atoms with Crippen LogP contribution in [0.4, 0.5) is 0 Å². The first-order valence-electron chi connectivity index (χ1n) is 3.13. The molecule has 1 amide bonds. The van der Waals surface area contributed by atoms with Gasteiger partial charge < -0.3 is 0 Å². The number of fused-ring (bicyclic) bond motifs is 1. The molecule has 1 aliphatic heterocycles. The smallest absolute Gasteiger partial charge is 0.243 e. The van der Waals surface area contributed by atoms with Crippen LogP contribution < -0.4 is 5.43 Å². The zero-order valence-electron chi connectivity index (χ0n) is 5.22. The van der Waals surface area contributed by atoms with Gasteiger partial charge in [-0.3, -0.25) is 4.79 Å². The van der Waals surface area contributed by atoms with Gasteiger partial charge in [-0.2, -0.15) is 5.10 Å². The molecule has 0 saturated heterocycles. The maximum absolute atomic E-state index is 10.8. The van der Waals surface area contributed by atoms with Crippen molar-refractivity contribution in [1.29, 1.82) is 0 Å². The maximum Gasteiger partial charge on any atom is 0.243 e. The fraction of sp³-hybridized carbons (Fsp3) is 0.667. The SMILES string of the molecule is CC1=NNC(=O)C2CC12. The van der Waals surface area contributed by atoms with Gasteiger partial charge >= 0.3 is 0 Å². The van der Waals surface area contributed by atoms with Crippen LogP contribution in [0.5, 0.6) is 0 Å². The molecular weight excluding hydrogens is 116 g/mol. The predicted octanol–water partition coefficient (Wildman–Crippen LogP) is 0.128. The lowest BCUT2D eigenvalue weighted by molar-refractivity contribution is -0.122. The molecule has 0 aromatic rings. The first kappa shape index (κ1) is 4.97. The lowest BCUT2D eigenvalue weighted by Gasteiger charge is -2.05. The molecule has 0 bridgehead atoms. The van der Waals surface area contributed by atoms with Crippen molar-refractivity contribution in [2.75, 3.05) is 0 Å². The largest absolute Gasteiger partial charge is 0.273 e. The van der Waals surface area contributed by atoms with Crippen molar-refractivity contribution in [3.05, 3.63) is 0 Å². The lowest BCUT2D eigenvalue weighted by Crippen LogP contribution is -2.26. The maximum atomic E-state index is 10.8. The minimum atomic E-state index is 0.102. The highest BCUT2D eigenvalue weighted by Gasteiger charge is 2.47. The molecule has 0 aromatic heterocycles. The van der Waals surface area contributed by atoms with Gasteiger partial charge in [-0.1, -0.05) is 0 Å². The summed E-state index contributed by atoms with van der Waals surface area (Å²) < 4.78 is 0. The number of carbonyl (C=O) groups is 1. The molecule has 3 nitrogen and oxygen atoms in total. The van der Waals surface area contributed by atoms with Gasteiger partial charge in [-0.25, -0.2) is 5.43 Å². The van der Waals surface area contributed by atoms with E-state index in [2.05, 4.69) is 10.5 Å². The van der Waals surface area contributed by atoms with E-state index in [1.54, 1.807) is 0 Å². The second-order valence-corrected chi connectivity index (χ2v) is 2.68. The molecule has 48 valence electrons. The van der Waals surface area contributed by atoms with Crippen molar-refractivity contribution in [2.24, 2.45) is 16.9 Å². The van der Waals surface area contributed by atoms with E-state index >= 15 is 0 Å². The summed E-state index contributed by atoms with van der Waals surface area (Å²) in [4.78, 5) is 10.8. The molecule has 1 aliphatic carbocycles. The summed E-state index contributed by atoms with van der Waals surface area (Å²) in [5.74, 6) is 0.854. The summed E-state index contributed by atoms with van der Waals surface area (Å²) in [6, 6.07) is 0. The first-order valence-corrected chi connectivity index (χ1v) is 3.13. The van der Waals surface area contributed by atoms with Gasteiger partial charge in [0, 0.05) is 17.5 Å². The molecule has 1 heterocycles. The van der Waals surface area contributed by atoms with E-state index in [0.29, 0.717) is 5.92 Å². The molecule has 1 fully saturated rings. The average molecular weight is 124 g/mol. The second kappa shape index (κ2) is 1.35. The van der Waals surface area contributed by atoms with Crippen LogP contribution in [0.25, 0.3) is 0 Å². The number of hydrogen-bond acceptors (Lipinski definition) is 2. The first-order chi connectivity index (χ1) is 4.29. The zero-order valence-corrected chi connectivity index (χ0v) is 5.22. The van der Waals surface area contributed by atoms with Gasteiger partial charge in [0.25, 0.3) is 0 Å². The number of rotatable bonds is 0. The number of hydrogen-bond donors (Lipinski definition) is 1. The molecular formula is C6H8N2O. The highest BCUT2D eigenvalue weighted by Crippen LogP contribution is 2.41. The van der Waals surface area contributed by atoms with Gasteiger partial charge in [0.2, 0.25) is 5.91 Å². The Bertz CT molecular complexity index is 197. The Hall–Kier alpha value is -0.860. The molecule has 0 aromatic carbocycles. The molecule has 3 heteroatoms. The van der Waals surface area contributed by atoms with Crippen molar-refractivity contribution in [1.82, 2.24) is 5.43 Å². The van der Waals surface area contributed by atoms with E-state index < -0.39 is 0 Å². The van der Waals surface area contributed by atoms with Crippen molar-refractivity contribution >= 4 is 11.6 Å². The van der Waals surface area contributed by atoms with Crippen molar-refractivity contribution < 1.29 is 4.79 Å². The Morgan fingerprint density at radius 2 is 2.44 bits per heavy atom. The van der Waals surface area contributed by atoms with E-state index in [4.69, 9.17) is 0 Å². The van der Waals surface area contributed by atoms with E-state index in [0.717, 1.165) is 12.1 Å². The Balaban J connectivity index is 2.26. The third kappa shape index (κ3) is 0.573. The summed E-state index contributed by atoms with van der Waals surface area (Å²) in [6.07, 6.45) is 1.02. The van der Waals surface area contributed by atoms with Crippen LogP contribution in [-0.2, 0) is 4.79 Å². The van der Waals surface area contributed by atoms with Crippen LogP contribution in [0, 0.1) is 11.8 Å². The Labute approximate surface area is 53.1 Å². The van der Waals surface area contributed by atoms with Crippen LogP contribution in [0.3, 0.4) is 0 Å². The van der Waals surface area contributed by atoms with Crippen LogP contribution >= 0.6 is 0 Å². The Morgan fingerprint density at radius 1 is 1.67 bits per heavy atom. The van der Waals surface area contributed by atoms with Crippen molar-refractivity contribution in [2.45, 2.75) is 13.3 Å². The fourth-order valence-corrected chi connectivity index (χ4v) is 1.26. The lowest BCUT2D eigenvalue weighted by atomic mass is 10.2. The standard InChI is InChI=1S/C6H8N2O/c1-3-4-2-5(4)6(9)8-7-3/h4-5H,2H2,1H3,(H,8,9). The fourth-order valence-electron chi connectivity index (χ4n) is 1.26. The second-order valence-electron chi connectivity index (χ2n) is 2.68. The number of hydrazone groups is 1. The predicted molar refractivity (Wildman–Crippen MR) is 32.8 cm³/mol. The van der Waals surface area contributed by atoms with Gasteiger partial charge in [-0.15, -0.1) is 0 Å². The average Bonchev–Trinajstić information content (AvgIpc) is 2.57. The van der Waals surface area contributed by atoms with Gasteiger partial charge in [0.1, 0.15) is 0 Å². The molecule has 9 heavy (non-hydrogen) atoms. The van der Waals surface area contributed by atoms with Crippen molar-refractivity contribution in [3.63, 3.8) is 0 Å². The quantitative estimate of drug-likeness (QED) is 0.490. The molecule has 2 rings (SSSR count). The van der Waals surface area contributed by atoms with Crippen LogP contribution in [0.15, 0.2) is 5.10 Å². The van der Waals surface area contributed by atoms with E-state index in [1.807, 2.05) is 6.92 Å². The molecule has 2 atom stereocenters. The van der Waals surface area contributed by atoms with Crippen LogP contribution in [0.2, 0.25) is 0 Å². The zero-order chi connectivity index (χ0) is 6.43. The summed E-state index contributed by atoms with van der Waals surface area (Å²) in [5.41, 5.74) is 3.56. The molecule has 0 radical (unpaired) electrons. The number of amides is 1. The summed E-state index contributed by atoms with van der Waals surface area (Å²) in [6.45, 7) is 1.96.